The van der Waals surface area contributed by atoms with E-state index in [-0.39, 0.29) is 0 Å². The van der Waals surface area contributed by atoms with Gasteiger partial charge in [-0.3, -0.25) is 18.5 Å². The molecule has 0 aliphatic rings. The Hall–Kier alpha value is -2.54. The third-order valence-corrected chi connectivity index (χ3v) is 4.36. The maximum Gasteiger partial charge on any atom is 0.332 e. The molecule has 0 atom stereocenters. The van der Waals surface area contributed by atoms with Gasteiger partial charge < -0.3 is 4.74 Å². The fourth-order valence-corrected chi connectivity index (χ4v) is 2.82. The molecule has 0 aliphatic heterocycles. The van der Waals surface area contributed by atoms with Crippen LogP contribution in [-0.4, -0.2) is 25.3 Å². The smallest absolute Gasteiger partial charge is 0.332 e. The molecule has 0 spiro atoms. The molecule has 26 heavy (non-hydrogen) atoms. The highest BCUT2D eigenvalue weighted by molar-refractivity contribution is 6.30. The number of aromatic nitrogens is 4. The lowest BCUT2D eigenvalue weighted by atomic mass is 10.2. The van der Waals surface area contributed by atoms with Crippen LogP contribution in [0.15, 0.2) is 33.9 Å². The second kappa shape index (κ2) is 6.99. The first kappa shape index (κ1) is 18.3. The Labute approximate surface area is 155 Å². The standard InChI is InChI=1S/C18H21ClN4O3/c1-11(2)10-26-17-20-15-14(16(24)22(4)18(25)21(15)3)23(17)9-12-5-7-13(19)8-6-12/h5-8,11H,9-10H2,1-4H3. The topological polar surface area (TPSA) is 71.1 Å². The Bertz CT molecular complexity index is 1060. The predicted octanol–water partition coefficient (Wildman–Crippen LogP) is 2.17. The van der Waals surface area contributed by atoms with Gasteiger partial charge >= 0.3 is 5.69 Å². The van der Waals surface area contributed by atoms with E-state index < -0.39 is 11.2 Å². The SMILES string of the molecule is CC(C)COc1nc2c(c(=O)n(C)c(=O)n2C)n1Cc1ccc(Cl)cc1. The minimum absolute atomic E-state index is 0.297. The lowest BCUT2D eigenvalue weighted by molar-refractivity contribution is 0.243. The van der Waals surface area contributed by atoms with E-state index in [1.807, 2.05) is 26.0 Å². The van der Waals surface area contributed by atoms with Crippen molar-refractivity contribution in [2.24, 2.45) is 20.0 Å². The summed E-state index contributed by atoms with van der Waals surface area (Å²) in [6.45, 7) is 4.90. The maximum absolute atomic E-state index is 12.7. The molecule has 0 unspecified atom stereocenters. The molecule has 0 saturated heterocycles. The van der Waals surface area contributed by atoms with Crippen molar-refractivity contribution in [1.29, 1.82) is 0 Å². The van der Waals surface area contributed by atoms with E-state index in [0.717, 1.165) is 10.1 Å². The van der Waals surface area contributed by atoms with Crippen molar-refractivity contribution in [3.8, 4) is 6.01 Å². The molecular formula is C18H21ClN4O3. The van der Waals surface area contributed by atoms with Gasteiger partial charge in [-0.05, 0) is 23.6 Å². The van der Waals surface area contributed by atoms with Crippen LogP contribution in [0.3, 0.4) is 0 Å². The molecule has 138 valence electrons. The zero-order valence-electron chi connectivity index (χ0n) is 15.2. The van der Waals surface area contributed by atoms with Gasteiger partial charge in [-0.2, -0.15) is 4.98 Å². The molecule has 0 fully saturated rings. The Kier molecular flexibility index (Phi) is 4.91. The van der Waals surface area contributed by atoms with Gasteiger partial charge in [0.2, 0.25) is 0 Å². The Morgan fingerprint density at radius 1 is 1.12 bits per heavy atom. The van der Waals surface area contributed by atoms with Crippen LogP contribution < -0.4 is 16.0 Å². The van der Waals surface area contributed by atoms with Gasteiger partial charge in [0.15, 0.2) is 11.2 Å². The largest absolute Gasteiger partial charge is 0.464 e. The van der Waals surface area contributed by atoms with Crippen molar-refractivity contribution >= 4 is 22.8 Å². The Balaban J connectivity index is 2.22. The average molecular weight is 377 g/mol. The van der Waals surface area contributed by atoms with Crippen LogP contribution in [0.2, 0.25) is 5.02 Å². The minimum Gasteiger partial charge on any atom is -0.464 e. The summed E-state index contributed by atoms with van der Waals surface area (Å²) >= 11 is 5.95. The highest BCUT2D eigenvalue weighted by Gasteiger charge is 2.20. The number of halogens is 1. The second-order valence-electron chi connectivity index (χ2n) is 6.69. The molecule has 0 amide bonds. The molecular weight excluding hydrogens is 356 g/mol. The summed E-state index contributed by atoms with van der Waals surface area (Å²) in [7, 11) is 3.05. The van der Waals surface area contributed by atoms with Crippen molar-refractivity contribution in [1.82, 2.24) is 18.7 Å². The molecule has 0 aliphatic carbocycles. The third-order valence-electron chi connectivity index (χ3n) is 4.11. The van der Waals surface area contributed by atoms with Crippen LogP contribution in [0.5, 0.6) is 6.01 Å². The number of aryl methyl sites for hydroxylation is 1. The molecule has 0 N–H and O–H groups in total. The van der Waals surface area contributed by atoms with Crippen LogP contribution in [-0.2, 0) is 20.6 Å². The lowest BCUT2D eigenvalue weighted by Crippen LogP contribution is -2.37. The fraction of sp³-hybridized carbons (Fsp3) is 0.389. The number of rotatable bonds is 5. The summed E-state index contributed by atoms with van der Waals surface area (Å²) in [6, 6.07) is 7.67. The first-order valence-electron chi connectivity index (χ1n) is 8.33. The molecule has 1 aromatic carbocycles. The van der Waals surface area contributed by atoms with E-state index in [0.29, 0.717) is 41.3 Å². The molecule has 0 bridgehead atoms. The number of imidazole rings is 1. The first-order valence-corrected chi connectivity index (χ1v) is 8.71. The molecule has 3 aromatic rings. The van der Waals surface area contributed by atoms with Gasteiger partial charge in [0.05, 0.1) is 13.2 Å². The summed E-state index contributed by atoms with van der Waals surface area (Å²) in [5, 5.41) is 0.638. The maximum atomic E-state index is 12.7. The summed E-state index contributed by atoms with van der Waals surface area (Å²) in [5.41, 5.74) is 0.770. The lowest BCUT2D eigenvalue weighted by Gasteiger charge is -2.11. The minimum atomic E-state index is -0.422. The van der Waals surface area contributed by atoms with E-state index in [1.165, 1.54) is 11.6 Å². The highest BCUT2D eigenvalue weighted by Crippen LogP contribution is 2.21. The zero-order chi connectivity index (χ0) is 19.0. The van der Waals surface area contributed by atoms with Crippen molar-refractivity contribution in [2.75, 3.05) is 6.61 Å². The summed E-state index contributed by atoms with van der Waals surface area (Å²) < 4.78 is 9.98. The third kappa shape index (κ3) is 3.26. The predicted molar refractivity (Wildman–Crippen MR) is 101 cm³/mol. The van der Waals surface area contributed by atoms with Crippen molar-refractivity contribution in [3.05, 3.63) is 55.7 Å². The Morgan fingerprint density at radius 2 is 1.77 bits per heavy atom. The number of nitrogens with zero attached hydrogens (tertiary/aromatic N) is 4. The van der Waals surface area contributed by atoms with Gasteiger partial charge in [-0.1, -0.05) is 37.6 Å². The van der Waals surface area contributed by atoms with E-state index in [4.69, 9.17) is 16.3 Å². The molecule has 2 aromatic heterocycles. The summed E-state index contributed by atoms with van der Waals surface area (Å²) in [4.78, 5) is 29.4. The molecule has 8 heteroatoms. The normalized spacial score (nSPS) is 11.5. The van der Waals surface area contributed by atoms with Gasteiger partial charge in [0.1, 0.15) is 0 Å². The van der Waals surface area contributed by atoms with E-state index in [9.17, 15) is 9.59 Å². The molecule has 0 saturated carbocycles. The molecule has 7 nitrogen and oxygen atoms in total. The number of benzene rings is 1. The van der Waals surface area contributed by atoms with Crippen molar-refractivity contribution in [2.45, 2.75) is 20.4 Å². The first-order chi connectivity index (χ1) is 12.3. The van der Waals surface area contributed by atoms with E-state index in [1.54, 1.807) is 23.7 Å². The highest BCUT2D eigenvalue weighted by atomic mass is 35.5. The number of fused-ring (bicyclic) bond motifs is 1. The Morgan fingerprint density at radius 3 is 2.38 bits per heavy atom. The molecule has 2 heterocycles. The zero-order valence-corrected chi connectivity index (χ0v) is 15.9. The van der Waals surface area contributed by atoms with Crippen molar-refractivity contribution in [3.63, 3.8) is 0 Å². The van der Waals surface area contributed by atoms with Crippen molar-refractivity contribution < 1.29 is 4.74 Å². The summed E-state index contributed by atoms with van der Waals surface area (Å²) in [6.07, 6.45) is 0. The van der Waals surface area contributed by atoms with Crippen LogP contribution in [0.4, 0.5) is 0 Å². The van der Waals surface area contributed by atoms with Crippen LogP contribution in [0.25, 0.3) is 11.2 Å². The van der Waals surface area contributed by atoms with Crippen LogP contribution in [0, 0.1) is 5.92 Å². The van der Waals surface area contributed by atoms with E-state index in [2.05, 4.69) is 4.98 Å². The van der Waals surface area contributed by atoms with Gasteiger partial charge in [-0.25, -0.2) is 4.79 Å². The number of hydrogen-bond donors (Lipinski definition) is 0. The molecule has 3 rings (SSSR count). The monoisotopic (exact) mass is 376 g/mol. The van der Waals surface area contributed by atoms with Gasteiger partial charge in [-0.15, -0.1) is 0 Å². The van der Waals surface area contributed by atoms with Gasteiger partial charge in [0.25, 0.3) is 11.6 Å². The second-order valence-corrected chi connectivity index (χ2v) is 7.13. The quantitative estimate of drug-likeness (QED) is 0.684. The van der Waals surface area contributed by atoms with Crippen LogP contribution in [0.1, 0.15) is 19.4 Å². The van der Waals surface area contributed by atoms with Gasteiger partial charge in [0, 0.05) is 19.1 Å². The van der Waals surface area contributed by atoms with E-state index >= 15 is 0 Å². The number of ether oxygens (including phenoxy) is 1. The van der Waals surface area contributed by atoms with Crippen LogP contribution >= 0.6 is 11.6 Å². The number of hydrogen-bond acceptors (Lipinski definition) is 4. The molecule has 0 radical (unpaired) electrons. The summed E-state index contributed by atoms with van der Waals surface area (Å²) in [5.74, 6) is 0.297. The fourth-order valence-electron chi connectivity index (χ4n) is 2.70. The average Bonchev–Trinajstić information content (AvgIpc) is 2.96.